The molecule has 1 N–H and O–H groups in total. The molecular formula is C21H17BrN2O2S. The molecule has 0 fully saturated rings. The van der Waals surface area contributed by atoms with E-state index >= 15 is 0 Å². The maximum Gasteiger partial charge on any atom is 0.225 e. The second kappa shape index (κ2) is 9.03. The summed E-state index contributed by atoms with van der Waals surface area (Å²) in [6, 6.07) is 19.4. The number of halogens is 1. The SMILES string of the molecule is N#CC1=C(SCC(=O)Cc2ccccc2)NC(=O)CC1c1ccc(Br)cc1. The van der Waals surface area contributed by atoms with Crippen LogP contribution < -0.4 is 5.32 Å². The van der Waals surface area contributed by atoms with Crippen LogP contribution in [0.1, 0.15) is 23.5 Å². The first kappa shape index (κ1) is 19.4. The highest BCUT2D eigenvalue weighted by Gasteiger charge is 2.29. The van der Waals surface area contributed by atoms with Crippen LogP contribution >= 0.6 is 27.7 Å². The van der Waals surface area contributed by atoms with E-state index in [9.17, 15) is 14.9 Å². The van der Waals surface area contributed by atoms with Crippen molar-refractivity contribution in [3.8, 4) is 6.07 Å². The molecule has 2 aromatic rings. The Morgan fingerprint density at radius 3 is 2.56 bits per heavy atom. The van der Waals surface area contributed by atoms with E-state index in [4.69, 9.17) is 0 Å². The van der Waals surface area contributed by atoms with Gasteiger partial charge in [0.25, 0.3) is 0 Å². The predicted molar refractivity (Wildman–Crippen MR) is 110 cm³/mol. The number of nitriles is 1. The molecule has 0 saturated carbocycles. The Morgan fingerprint density at radius 2 is 1.89 bits per heavy atom. The highest BCUT2D eigenvalue weighted by atomic mass is 79.9. The molecule has 136 valence electrons. The fraction of sp³-hybridized carbons (Fsp3) is 0.190. The third-order valence-electron chi connectivity index (χ3n) is 4.25. The lowest BCUT2D eigenvalue weighted by atomic mass is 9.87. The lowest BCUT2D eigenvalue weighted by Crippen LogP contribution is -2.31. The van der Waals surface area contributed by atoms with Crippen molar-refractivity contribution < 1.29 is 9.59 Å². The van der Waals surface area contributed by atoms with Gasteiger partial charge in [-0.05, 0) is 23.3 Å². The van der Waals surface area contributed by atoms with Crippen molar-refractivity contribution >= 4 is 39.4 Å². The van der Waals surface area contributed by atoms with Crippen LogP contribution in [-0.4, -0.2) is 17.4 Å². The molecule has 4 nitrogen and oxygen atoms in total. The van der Waals surface area contributed by atoms with Gasteiger partial charge in [-0.15, -0.1) is 0 Å². The van der Waals surface area contributed by atoms with Crippen LogP contribution in [0.15, 0.2) is 69.7 Å². The van der Waals surface area contributed by atoms with Crippen LogP contribution in [0.2, 0.25) is 0 Å². The second-order valence-electron chi connectivity index (χ2n) is 6.20. The van der Waals surface area contributed by atoms with Gasteiger partial charge in [0.1, 0.15) is 5.78 Å². The summed E-state index contributed by atoms with van der Waals surface area (Å²) in [5, 5.41) is 12.9. The molecule has 1 unspecified atom stereocenters. The number of ketones is 1. The van der Waals surface area contributed by atoms with Gasteiger partial charge < -0.3 is 5.32 Å². The van der Waals surface area contributed by atoms with Gasteiger partial charge in [0, 0.05) is 23.2 Å². The molecule has 0 saturated heterocycles. The van der Waals surface area contributed by atoms with Gasteiger partial charge in [0.2, 0.25) is 5.91 Å². The van der Waals surface area contributed by atoms with Crippen molar-refractivity contribution in [1.29, 1.82) is 5.26 Å². The lowest BCUT2D eigenvalue weighted by Gasteiger charge is -2.25. The average Bonchev–Trinajstić information content (AvgIpc) is 2.67. The predicted octanol–water partition coefficient (Wildman–Crippen LogP) is 4.33. The Bertz CT molecular complexity index is 917. The first-order valence-corrected chi connectivity index (χ1v) is 10.2. The molecule has 27 heavy (non-hydrogen) atoms. The quantitative estimate of drug-likeness (QED) is 0.725. The van der Waals surface area contributed by atoms with Gasteiger partial charge in [0.05, 0.1) is 22.4 Å². The van der Waals surface area contributed by atoms with E-state index in [1.165, 1.54) is 11.8 Å². The summed E-state index contributed by atoms with van der Waals surface area (Å²) < 4.78 is 0.940. The van der Waals surface area contributed by atoms with Crippen molar-refractivity contribution in [1.82, 2.24) is 5.32 Å². The molecule has 0 bridgehead atoms. The number of Topliss-reactive ketones (excluding diaryl/α,β-unsaturated/α-hetero) is 1. The maximum atomic E-state index is 12.3. The zero-order valence-corrected chi connectivity index (χ0v) is 16.8. The standard InChI is InChI=1S/C21H17BrN2O2S/c22-16-8-6-15(7-9-16)18-11-20(26)24-21(19(18)12-23)27-13-17(25)10-14-4-2-1-3-5-14/h1-9,18H,10-11,13H2,(H,24,26). The van der Waals surface area contributed by atoms with Gasteiger partial charge in [-0.1, -0.05) is 70.2 Å². The van der Waals surface area contributed by atoms with Crippen LogP contribution in [0.4, 0.5) is 0 Å². The first-order valence-electron chi connectivity index (χ1n) is 8.45. The second-order valence-corrected chi connectivity index (χ2v) is 8.10. The van der Waals surface area contributed by atoms with Crippen molar-refractivity contribution in [3.63, 3.8) is 0 Å². The Balaban J connectivity index is 1.75. The molecule has 0 spiro atoms. The number of hydrogen-bond acceptors (Lipinski definition) is 4. The molecule has 1 atom stereocenters. The normalized spacial score (nSPS) is 16.6. The van der Waals surface area contributed by atoms with Gasteiger partial charge in [-0.2, -0.15) is 5.26 Å². The molecule has 2 aromatic carbocycles. The molecule has 0 aromatic heterocycles. The number of rotatable bonds is 6. The van der Waals surface area contributed by atoms with Crippen LogP contribution in [0.5, 0.6) is 0 Å². The van der Waals surface area contributed by atoms with Gasteiger partial charge in [0.15, 0.2) is 0 Å². The molecule has 1 aliphatic heterocycles. The van der Waals surface area contributed by atoms with E-state index in [1.807, 2.05) is 54.6 Å². The number of benzene rings is 2. The van der Waals surface area contributed by atoms with Crippen LogP contribution in [-0.2, 0) is 16.0 Å². The highest BCUT2D eigenvalue weighted by molar-refractivity contribution is 9.10. The minimum atomic E-state index is -0.288. The third kappa shape index (κ3) is 5.09. The van der Waals surface area contributed by atoms with Gasteiger partial charge in [-0.3, -0.25) is 9.59 Å². The van der Waals surface area contributed by atoms with E-state index in [2.05, 4.69) is 27.3 Å². The summed E-state index contributed by atoms with van der Waals surface area (Å²) in [7, 11) is 0. The number of carbonyl (C=O) groups is 2. The number of allylic oxidation sites excluding steroid dienone is 1. The first-order chi connectivity index (χ1) is 13.1. The minimum Gasteiger partial charge on any atom is -0.320 e. The fourth-order valence-corrected chi connectivity index (χ4v) is 4.14. The van der Waals surface area contributed by atoms with E-state index in [0.29, 0.717) is 17.0 Å². The summed E-state index contributed by atoms with van der Waals surface area (Å²) in [4.78, 5) is 24.4. The van der Waals surface area contributed by atoms with Crippen LogP contribution in [0, 0.1) is 11.3 Å². The Kier molecular flexibility index (Phi) is 6.49. The van der Waals surface area contributed by atoms with E-state index in [-0.39, 0.29) is 29.8 Å². The molecule has 1 heterocycles. The molecule has 3 rings (SSSR count). The van der Waals surface area contributed by atoms with Crippen molar-refractivity contribution in [2.24, 2.45) is 0 Å². The van der Waals surface area contributed by atoms with Gasteiger partial charge >= 0.3 is 0 Å². The summed E-state index contributed by atoms with van der Waals surface area (Å²) in [6.45, 7) is 0. The van der Waals surface area contributed by atoms with E-state index < -0.39 is 0 Å². The number of nitrogens with zero attached hydrogens (tertiary/aromatic N) is 1. The monoisotopic (exact) mass is 440 g/mol. The molecule has 6 heteroatoms. The van der Waals surface area contributed by atoms with Gasteiger partial charge in [-0.25, -0.2) is 0 Å². The number of thioether (sulfide) groups is 1. The number of hydrogen-bond donors (Lipinski definition) is 1. The zero-order chi connectivity index (χ0) is 19.2. The Hall–Kier alpha value is -2.36. The summed E-state index contributed by atoms with van der Waals surface area (Å²) in [5.41, 5.74) is 2.38. The summed E-state index contributed by atoms with van der Waals surface area (Å²) in [5.74, 6) is -0.164. The molecule has 0 radical (unpaired) electrons. The lowest BCUT2D eigenvalue weighted by molar-refractivity contribution is -0.121. The Morgan fingerprint density at radius 1 is 1.19 bits per heavy atom. The summed E-state index contributed by atoms with van der Waals surface area (Å²) >= 11 is 4.62. The molecule has 1 amide bonds. The molecule has 0 aliphatic carbocycles. The van der Waals surface area contributed by atoms with Crippen LogP contribution in [0.3, 0.4) is 0 Å². The third-order valence-corrected chi connectivity index (χ3v) is 5.86. The number of amides is 1. The average molecular weight is 441 g/mol. The smallest absolute Gasteiger partial charge is 0.225 e. The van der Waals surface area contributed by atoms with Crippen molar-refractivity contribution in [3.05, 3.63) is 80.8 Å². The Labute approximate surface area is 170 Å². The number of carbonyl (C=O) groups excluding carboxylic acids is 2. The maximum absolute atomic E-state index is 12.3. The topological polar surface area (TPSA) is 70.0 Å². The minimum absolute atomic E-state index is 0.0519. The number of nitrogens with one attached hydrogen (secondary N) is 1. The van der Waals surface area contributed by atoms with Crippen molar-refractivity contribution in [2.45, 2.75) is 18.8 Å². The van der Waals surface area contributed by atoms with Crippen LogP contribution in [0.25, 0.3) is 0 Å². The zero-order valence-electron chi connectivity index (χ0n) is 14.4. The molecular weight excluding hydrogens is 424 g/mol. The van der Waals surface area contributed by atoms with Crippen molar-refractivity contribution in [2.75, 3.05) is 5.75 Å². The van der Waals surface area contributed by atoms with E-state index in [1.54, 1.807) is 0 Å². The molecule has 1 aliphatic rings. The largest absolute Gasteiger partial charge is 0.320 e. The van der Waals surface area contributed by atoms with E-state index in [0.717, 1.165) is 15.6 Å². The highest BCUT2D eigenvalue weighted by Crippen LogP contribution is 2.36. The summed E-state index contributed by atoms with van der Waals surface area (Å²) in [6.07, 6.45) is 0.569. The fourth-order valence-electron chi connectivity index (χ4n) is 2.94.